The summed E-state index contributed by atoms with van der Waals surface area (Å²) >= 11 is 1.31. The molecule has 1 aliphatic rings. The van der Waals surface area contributed by atoms with E-state index in [1.54, 1.807) is 19.9 Å². The molecule has 0 radical (unpaired) electrons. The third-order valence-electron chi connectivity index (χ3n) is 5.31. The predicted molar refractivity (Wildman–Crippen MR) is 118 cm³/mol. The van der Waals surface area contributed by atoms with Crippen LogP contribution in [0.2, 0.25) is 0 Å². The van der Waals surface area contributed by atoms with E-state index in [1.165, 1.54) is 15.6 Å². The Morgan fingerprint density at radius 1 is 1.23 bits per heavy atom. The van der Waals surface area contributed by atoms with Gasteiger partial charge in [-0.25, -0.2) is 8.42 Å². The Labute approximate surface area is 185 Å². The van der Waals surface area contributed by atoms with Crippen molar-refractivity contribution >= 4 is 33.0 Å². The molecule has 1 aromatic carbocycles. The normalized spacial score (nSPS) is 17.6. The van der Waals surface area contributed by atoms with Crippen LogP contribution in [0.4, 0.5) is 5.69 Å². The van der Waals surface area contributed by atoms with Gasteiger partial charge in [-0.1, -0.05) is 22.9 Å². The molecule has 1 saturated heterocycles. The zero-order valence-corrected chi connectivity index (χ0v) is 19.2. The number of hydrogen-bond acceptors (Lipinski definition) is 7. The molecule has 8 nitrogen and oxygen atoms in total. The molecule has 0 saturated carbocycles. The van der Waals surface area contributed by atoms with E-state index >= 15 is 0 Å². The van der Waals surface area contributed by atoms with Crippen LogP contribution in [0.1, 0.15) is 29.2 Å². The second-order valence-electron chi connectivity index (χ2n) is 7.73. The fourth-order valence-corrected chi connectivity index (χ4v) is 6.64. The minimum absolute atomic E-state index is 0.159. The number of aromatic nitrogens is 2. The van der Waals surface area contributed by atoms with E-state index in [1.807, 2.05) is 31.2 Å². The number of benzene rings is 1. The molecule has 1 atom stereocenters. The van der Waals surface area contributed by atoms with Gasteiger partial charge in [-0.05, 0) is 44.9 Å². The molecule has 31 heavy (non-hydrogen) atoms. The van der Waals surface area contributed by atoms with Crippen molar-refractivity contribution in [3.63, 3.8) is 0 Å². The van der Waals surface area contributed by atoms with Crippen LogP contribution < -0.4 is 5.32 Å². The first-order valence-electron chi connectivity index (χ1n) is 10.0. The van der Waals surface area contributed by atoms with Crippen LogP contribution in [-0.4, -0.2) is 41.9 Å². The molecule has 4 rings (SSSR count). The number of nitrogens with zero attached hydrogens (tertiary/aromatic N) is 3. The number of nitrogens with one attached hydrogen (secondary N) is 1. The van der Waals surface area contributed by atoms with Gasteiger partial charge in [0.1, 0.15) is 0 Å². The van der Waals surface area contributed by atoms with Crippen molar-refractivity contribution < 1.29 is 17.7 Å². The van der Waals surface area contributed by atoms with Gasteiger partial charge in [0.05, 0.1) is 15.7 Å². The minimum atomic E-state index is -3.74. The summed E-state index contributed by atoms with van der Waals surface area (Å²) in [7, 11) is -3.74. The van der Waals surface area contributed by atoms with Crippen molar-refractivity contribution in [1.82, 2.24) is 14.4 Å². The molecule has 1 fully saturated rings. The second kappa shape index (κ2) is 8.52. The molecule has 1 N–H and O–H groups in total. The van der Waals surface area contributed by atoms with Gasteiger partial charge < -0.3 is 9.84 Å². The van der Waals surface area contributed by atoms with Crippen molar-refractivity contribution in [3.05, 3.63) is 46.7 Å². The topological polar surface area (TPSA) is 105 Å². The largest absolute Gasteiger partial charge is 0.339 e. The van der Waals surface area contributed by atoms with Crippen LogP contribution in [0, 0.1) is 26.7 Å². The lowest BCUT2D eigenvalue weighted by Crippen LogP contribution is -2.43. The lowest BCUT2D eigenvalue weighted by Gasteiger charge is -2.31. The molecule has 0 unspecified atom stereocenters. The first kappa shape index (κ1) is 21.7. The van der Waals surface area contributed by atoms with Gasteiger partial charge in [0.25, 0.3) is 0 Å². The van der Waals surface area contributed by atoms with Crippen LogP contribution >= 0.6 is 11.3 Å². The molecule has 1 amide bonds. The van der Waals surface area contributed by atoms with E-state index in [9.17, 15) is 13.2 Å². The summed E-state index contributed by atoms with van der Waals surface area (Å²) in [5.41, 5.74) is 1.82. The Morgan fingerprint density at radius 2 is 1.97 bits per heavy atom. The quantitative estimate of drug-likeness (QED) is 0.621. The molecule has 0 aliphatic carbocycles. The Hall–Kier alpha value is -2.56. The minimum Gasteiger partial charge on any atom is -0.339 e. The molecule has 3 aromatic rings. The maximum Gasteiger partial charge on any atom is 0.244 e. The first-order chi connectivity index (χ1) is 14.7. The molecular weight excluding hydrogens is 436 g/mol. The van der Waals surface area contributed by atoms with Gasteiger partial charge in [0, 0.05) is 30.6 Å². The number of rotatable bonds is 5. The lowest BCUT2D eigenvalue weighted by atomic mass is 9.98. The van der Waals surface area contributed by atoms with Crippen LogP contribution in [0.25, 0.3) is 10.7 Å². The molecular formula is C21H24N4O4S2. The fraction of sp³-hybridized carbons (Fsp3) is 0.381. The third-order valence-corrected chi connectivity index (χ3v) is 8.48. The first-order valence-corrected chi connectivity index (χ1v) is 12.3. The summed E-state index contributed by atoms with van der Waals surface area (Å²) in [4.78, 5) is 18.5. The Balaban J connectivity index is 1.51. The van der Waals surface area contributed by atoms with Gasteiger partial charge >= 0.3 is 0 Å². The molecule has 2 aromatic heterocycles. The highest BCUT2D eigenvalue weighted by molar-refractivity contribution is 7.89. The van der Waals surface area contributed by atoms with E-state index in [-0.39, 0.29) is 17.3 Å². The highest BCUT2D eigenvalue weighted by atomic mass is 32.2. The Bertz CT molecular complexity index is 1200. The molecule has 1 aliphatic heterocycles. The fourth-order valence-electron chi connectivity index (χ4n) is 3.63. The van der Waals surface area contributed by atoms with Crippen molar-refractivity contribution in [1.29, 1.82) is 0 Å². The van der Waals surface area contributed by atoms with Crippen molar-refractivity contribution in [2.24, 2.45) is 5.92 Å². The van der Waals surface area contributed by atoms with Crippen molar-refractivity contribution in [2.45, 2.75) is 38.5 Å². The Morgan fingerprint density at radius 3 is 2.65 bits per heavy atom. The Kier molecular flexibility index (Phi) is 5.96. The van der Waals surface area contributed by atoms with E-state index < -0.39 is 15.9 Å². The summed E-state index contributed by atoms with van der Waals surface area (Å²) in [6.45, 7) is 5.98. The van der Waals surface area contributed by atoms with E-state index in [2.05, 4.69) is 15.5 Å². The van der Waals surface area contributed by atoms with Crippen LogP contribution in [-0.2, 0) is 14.8 Å². The maximum absolute atomic E-state index is 13.4. The number of carbonyl (C=O) groups is 1. The lowest BCUT2D eigenvalue weighted by molar-refractivity contribution is -0.120. The highest BCUT2D eigenvalue weighted by Crippen LogP contribution is 2.35. The number of carbonyl (C=O) groups excluding carboxylic acids is 1. The van der Waals surface area contributed by atoms with Gasteiger partial charge in [-0.15, -0.1) is 11.3 Å². The summed E-state index contributed by atoms with van der Waals surface area (Å²) in [5, 5.41) is 6.78. The summed E-state index contributed by atoms with van der Waals surface area (Å²) in [5.74, 6) is 0.238. The SMILES string of the molecule is Cc1ccc(NC(=O)[C@H]2CCCN(S(=O)(=O)c3cc(-c4noc(C)n4)sc3C)C2)cc1. The predicted octanol–water partition coefficient (Wildman–Crippen LogP) is 3.76. The molecule has 0 spiro atoms. The zero-order valence-electron chi connectivity index (χ0n) is 17.6. The molecule has 10 heteroatoms. The van der Waals surface area contributed by atoms with Gasteiger partial charge in [0.15, 0.2) is 0 Å². The van der Waals surface area contributed by atoms with Crippen LogP contribution in [0.3, 0.4) is 0 Å². The summed E-state index contributed by atoms with van der Waals surface area (Å²) in [6, 6.07) is 9.14. The van der Waals surface area contributed by atoms with Gasteiger partial charge in [-0.3, -0.25) is 4.79 Å². The molecule has 164 valence electrons. The van der Waals surface area contributed by atoms with Gasteiger partial charge in [-0.2, -0.15) is 9.29 Å². The number of aryl methyl sites for hydroxylation is 3. The number of anilines is 1. The number of sulfonamides is 1. The second-order valence-corrected chi connectivity index (χ2v) is 10.9. The smallest absolute Gasteiger partial charge is 0.244 e. The van der Waals surface area contributed by atoms with E-state index in [0.29, 0.717) is 46.5 Å². The monoisotopic (exact) mass is 460 g/mol. The third kappa shape index (κ3) is 4.56. The van der Waals surface area contributed by atoms with Crippen molar-refractivity contribution in [2.75, 3.05) is 18.4 Å². The standard InChI is InChI=1S/C21H24N4O4S2/c1-13-6-8-17(9-7-13)23-21(26)16-5-4-10-25(12-16)31(27,28)19-11-18(30-14(19)2)20-22-15(3)29-24-20/h6-9,11,16H,4-5,10,12H2,1-3H3,(H,23,26)/t16-/m0/s1. The van der Waals surface area contributed by atoms with Crippen LogP contribution in [0.5, 0.6) is 0 Å². The van der Waals surface area contributed by atoms with E-state index in [0.717, 1.165) is 5.56 Å². The van der Waals surface area contributed by atoms with Gasteiger partial charge in [0.2, 0.25) is 27.6 Å². The van der Waals surface area contributed by atoms with Crippen molar-refractivity contribution in [3.8, 4) is 10.7 Å². The average Bonchev–Trinajstić information content (AvgIpc) is 3.35. The summed E-state index contributed by atoms with van der Waals surface area (Å²) in [6.07, 6.45) is 1.28. The average molecular weight is 461 g/mol. The number of amides is 1. The molecule has 0 bridgehead atoms. The van der Waals surface area contributed by atoms with E-state index in [4.69, 9.17) is 4.52 Å². The number of piperidine rings is 1. The maximum atomic E-state index is 13.4. The molecule has 3 heterocycles. The van der Waals surface area contributed by atoms with Crippen LogP contribution in [0.15, 0.2) is 39.8 Å². The zero-order chi connectivity index (χ0) is 22.2. The number of thiophene rings is 1. The summed E-state index contributed by atoms with van der Waals surface area (Å²) < 4.78 is 33.1. The highest BCUT2D eigenvalue weighted by Gasteiger charge is 2.35. The number of hydrogen-bond donors (Lipinski definition) is 1.